The normalized spacial score (nSPS) is 23.8. The molecule has 1 heterocycles. The molecule has 0 atom stereocenters. The molecular weight excluding hydrogens is 238 g/mol. The Hall–Kier alpha value is -0.610. The maximum atomic E-state index is 12.1. The molecule has 0 spiro atoms. The number of hydrogen-bond acceptors (Lipinski definition) is 3. The highest BCUT2D eigenvalue weighted by atomic mass is 16.2. The van der Waals surface area contributed by atoms with E-state index in [1.54, 1.807) is 0 Å². The molecule has 1 saturated carbocycles. The van der Waals surface area contributed by atoms with E-state index in [0.29, 0.717) is 12.0 Å². The number of nitrogens with one attached hydrogen (secondary N) is 1. The highest BCUT2D eigenvalue weighted by Crippen LogP contribution is 2.40. The summed E-state index contributed by atoms with van der Waals surface area (Å²) in [4.78, 5) is 16.4. The highest BCUT2D eigenvalue weighted by molar-refractivity contribution is 5.78. The zero-order valence-electron chi connectivity index (χ0n) is 12.6. The summed E-state index contributed by atoms with van der Waals surface area (Å²) in [5.41, 5.74) is 0.475. The van der Waals surface area contributed by atoms with Gasteiger partial charge in [-0.2, -0.15) is 0 Å². The third-order valence-electron chi connectivity index (χ3n) is 5.05. The minimum absolute atomic E-state index is 0.275. The van der Waals surface area contributed by atoms with Crippen LogP contribution in [-0.2, 0) is 4.79 Å². The first-order chi connectivity index (χ1) is 9.15. The minimum Gasteiger partial charge on any atom is -0.339 e. The summed E-state index contributed by atoms with van der Waals surface area (Å²) in [6.45, 7) is 7.60. The molecule has 1 aliphatic heterocycles. The molecule has 1 N–H and O–H groups in total. The van der Waals surface area contributed by atoms with Gasteiger partial charge in [-0.1, -0.05) is 19.8 Å². The standard InChI is InChI=1S/C15H29N3O/c1-3-15(6-4-5-7-15)13-16-12-14(19)18-10-8-17(2)9-11-18/h16H,3-13H2,1-2H3. The molecule has 0 radical (unpaired) electrons. The van der Waals surface area contributed by atoms with E-state index in [4.69, 9.17) is 0 Å². The number of hydrogen-bond donors (Lipinski definition) is 1. The molecule has 2 fully saturated rings. The Morgan fingerprint density at radius 3 is 2.37 bits per heavy atom. The van der Waals surface area contributed by atoms with Crippen LogP contribution in [0.1, 0.15) is 39.0 Å². The Morgan fingerprint density at radius 2 is 1.79 bits per heavy atom. The van der Waals surface area contributed by atoms with Gasteiger partial charge >= 0.3 is 0 Å². The van der Waals surface area contributed by atoms with Crippen LogP contribution in [0.2, 0.25) is 0 Å². The van der Waals surface area contributed by atoms with Gasteiger partial charge in [0.15, 0.2) is 0 Å². The third kappa shape index (κ3) is 3.93. The molecular formula is C15H29N3O. The van der Waals surface area contributed by atoms with Gasteiger partial charge in [-0.15, -0.1) is 0 Å². The average molecular weight is 267 g/mol. The van der Waals surface area contributed by atoms with Crippen molar-refractivity contribution >= 4 is 5.91 Å². The fraction of sp³-hybridized carbons (Fsp3) is 0.933. The fourth-order valence-corrected chi connectivity index (χ4v) is 3.38. The van der Waals surface area contributed by atoms with Gasteiger partial charge in [0.05, 0.1) is 6.54 Å². The van der Waals surface area contributed by atoms with Crippen LogP contribution in [0.15, 0.2) is 0 Å². The van der Waals surface area contributed by atoms with Gasteiger partial charge in [0.2, 0.25) is 5.91 Å². The van der Waals surface area contributed by atoms with Crippen molar-refractivity contribution in [3.05, 3.63) is 0 Å². The smallest absolute Gasteiger partial charge is 0.236 e. The predicted molar refractivity (Wildman–Crippen MR) is 78.1 cm³/mol. The summed E-state index contributed by atoms with van der Waals surface area (Å²) in [5, 5.41) is 3.42. The summed E-state index contributed by atoms with van der Waals surface area (Å²) < 4.78 is 0. The van der Waals surface area contributed by atoms with Crippen molar-refractivity contribution < 1.29 is 4.79 Å². The monoisotopic (exact) mass is 267 g/mol. The van der Waals surface area contributed by atoms with Crippen LogP contribution < -0.4 is 5.32 Å². The van der Waals surface area contributed by atoms with Crippen molar-refractivity contribution in [2.24, 2.45) is 5.41 Å². The lowest BCUT2D eigenvalue weighted by Gasteiger charge is -2.33. The lowest BCUT2D eigenvalue weighted by atomic mass is 9.83. The molecule has 0 unspecified atom stereocenters. The summed E-state index contributed by atoms with van der Waals surface area (Å²) in [6.07, 6.45) is 6.63. The summed E-state index contributed by atoms with van der Waals surface area (Å²) in [5.74, 6) is 0.275. The van der Waals surface area contributed by atoms with Gasteiger partial charge in [-0.25, -0.2) is 0 Å². The predicted octanol–water partition coefficient (Wildman–Crippen LogP) is 1.32. The van der Waals surface area contributed by atoms with E-state index >= 15 is 0 Å². The van der Waals surface area contributed by atoms with E-state index < -0.39 is 0 Å². The van der Waals surface area contributed by atoms with E-state index in [2.05, 4.69) is 24.2 Å². The maximum Gasteiger partial charge on any atom is 0.236 e. The molecule has 0 aromatic rings. The third-order valence-corrected chi connectivity index (χ3v) is 5.05. The fourth-order valence-electron chi connectivity index (χ4n) is 3.38. The second-order valence-electron chi connectivity index (χ2n) is 6.35. The quantitative estimate of drug-likeness (QED) is 0.816. The molecule has 1 aliphatic carbocycles. The zero-order valence-corrected chi connectivity index (χ0v) is 12.6. The van der Waals surface area contributed by atoms with E-state index in [1.165, 1.54) is 32.1 Å². The Balaban J connectivity index is 1.69. The largest absolute Gasteiger partial charge is 0.339 e. The van der Waals surface area contributed by atoms with Crippen molar-refractivity contribution in [2.45, 2.75) is 39.0 Å². The number of piperazine rings is 1. The lowest BCUT2D eigenvalue weighted by molar-refractivity contribution is -0.131. The first-order valence-electron chi connectivity index (χ1n) is 7.82. The molecule has 4 heteroatoms. The number of likely N-dealkylation sites (N-methyl/N-ethyl adjacent to an activating group) is 1. The molecule has 2 rings (SSSR count). The van der Waals surface area contributed by atoms with Gasteiger partial charge in [0.25, 0.3) is 0 Å². The van der Waals surface area contributed by atoms with Gasteiger partial charge in [-0.3, -0.25) is 4.79 Å². The average Bonchev–Trinajstić information content (AvgIpc) is 2.89. The van der Waals surface area contributed by atoms with Crippen LogP contribution in [0.25, 0.3) is 0 Å². The van der Waals surface area contributed by atoms with E-state index in [0.717, 1.165) is 32.7 Å². The molecule has 0 aromatic carbocycles. The van der Waals surface area contributed by atoms with Gasteiger partial charge < -0.3 is 15.1 Å². The maximum absolute atomic E-state index is 12.1. The Morgan fingerprint density at radius 1 is 1.16 bits per heavy atom. The molecule has 0 bridgehead atoms. The number of rotatable bonds is 5. The zero-order chi connectivity index (χ0) is 13.7. The Kier molecular flexibility index (Phi) is 5.22. The Bertz CT molecular complexity index is 292. The number of carbonyl (C=O) groups excluding carboxylic acids is 1. The van der Waals surface area contributed by atoms with Gasteiger partial charge in [0.1, 0.15) is 0 Å². The molecule has 19 heavy (non-hydrogen) atoms. The van der Waals surface area contributed by atoms with Crippen LogP contribution in [0.4, 0.5) is 0 Å². The van der Waals surface area contributed by atoms with E-state index in [-0.39, 0.29) is 5.91 Å². The van der Waals surface area contributed by atoms with Crippen molar-refractivity contribution in [2.75, 3.05) is 46.3 Å². The molecule has 1 saturated heterocycles. The summed E-state index contributed by atoms with van der Waals surface area (Å²) in [6, 6.07) is 0. The van der Waals surface area contributed by atoms with Gasteiger partial charge in [0, 0.05) is 32.7 Å². The van der Waals surface area contributed by atoms with Crippen molar-refractivity contribution in [1.29, 1.82) is 0 Å². The molecule has 2 aliphatic rings. The first-order valence-corrected chi connectivity index (χ1v) is 7.82. The van der Waals surface area contributed by atoms with Crippen LogP contribution >= 0.6 is 0 Å². The SMILES string of the molecule is CCC1(CNCC(=O)N2CCN(C)CC2)CCCC1. The van der Waals surface area contributed by atoms with E-state index in [1.807, 2.05) is 4.90 Å². The number of nitrogens with zero attached hydrogens (tertiary/aromatic N) is 2. The van der Waals surface area contributed by atoms with Crippen LogP contribution in [0.5, 0.6) is 0 Å². The number of carbonyl (C=O) groups is 1. The van der Waals surface area contributed by atoms with E-state index in [9.17, 15) is 4.79 Å². The minimum atomic E-state index is 0.275. The lowest BCUT2D eigenvalue weighted by Crippen LogP contribution is -2.50. The van der Waals surface area contributed by atoms with Gasteiger partial charge in [-0.05, 0) is 31.7 Å². The first kappa shape index (κ1) is 14.8. The second kappa shape index (κ2) is 6.71. The van der Waals surface area contributed by atoms with Crippen LogP contribution in [0.3, 0.4) is 0 Å². The van der Waals surface area contributed by atoms with Crippen LogP contribution in [0, 0.1) is 5.41 Å². The topological polar surface area (TPSA) is 35.6 Å². The van der Waals surface area contributed by atoms with Crippen molar-refractivity contribution in [3.63, 3.8) is 0 Å². The van der Waals surface area contributed by atoms with Crippen LogP contribution in [-0.4, -0.2) is 62.0 Å². The number of amides is 1. The molecule has 0 aromatic heterocycles. The van der Waals surface area contributed by atoms with Crippen molar-refractivity contribution in [1.82, 2.24) is 15.1 Å². The molecule has 110 valence electrons. The molecule has 4 nitrogen and oxygen atoms in total. The second-order valence-corrected chi connectivity index (χ2v) is 6.35. The highest BCUT2D eigenvalue weighted by Gasteiger charge is 2.31. The summed E-state index contributed by atoms with van der Waals surface area (Å²) in [7, 11) is 2.12. The van der Waals surface area contributed by atoms with Crippen molar-refractivity contribution in [3.8, 4) is 0 Å². The Labute approximate surface area is 117 Å². The summed E-state index contributed by atoms with van der Waals surface area (Å²) >= 11 is 0. The molecule has 1 amide bonds.